The number of hydrogen-bond acceptors (Lipinski definition) is 5. The molecule has 3 N–H and O–H groups in total. The second-order valence-electron chi connectivity index (χ2n) is 4.34. The number of aromatic nitrogens is 1. The van der Waals surface area contributed by atoms with Gasteiger partial charge in [-0.05, 0) is 32.3 Å². The number of likely N-dealkylation sites (N-methyl/N-ethyl adjacent to an activating group) is 1. The van der Waals surface area contributed by atoms with Gasteiger partial charge in [0.15, 0.2) is 0 Å². The Hall–Kier alpha value is -1.47. The first-order valence-electron chi connectivity index (χ1n) is 4.93. The van der Waals surface area contributed by atoms with Crippen molar-refractivity contribution in [3.05, 3.63) is 11.3 Å². The largest absolute Gasteiger partial charge is 0.478 e. The number of carbonyl (C=O) groups is 2. The molecule has 6 nitrogen and oxygen atoms in total. The Morgan fingerprint density at radius 3 is 2.41 bits per heavy atom. The van der Waals surface area contributed by atoms with Crippen LogP contribution in [-0.2, 0) is 4.79 Å². The lowest BCUT2D eigenvalue weighted by Gasteiger charge is -2.24. The van der Waals surface area contributed by atoms with E-state index < -0.39 is 11.5 Å². The molecule has 1 heterocycles. The zero-order valence-electron chi connectivity index (χ0n) is 10.1. The third-order valence-electron chi connectivity index (χ3n) is 2.22. The van der Waals surface area contributed by atoms with Gasteiger partial charge in [-0.25, -0.2) is 4.79 Å². The summed E-state index contributed by atoms with van der Waals surface area (Å²) >= 11 is 0.976. The molecule has 0 fully saturated rings. The molecule has 0 aliphatic rings. The molecule has 7 heteroatoms. The van der Waals surface area contributed by atoms with Crippen LogP contribution in [0.3, 0.4) is 0 Å². The fraction of sp³-hybridized carbons (Fsp3) is 0.500. The Balaban J connectivity index is 3.18. The van der Waals surface area contributed by atoms with E-state index in [-0.39, 0.29) is 11.5 Å². The molecule has 0 atom stereocenters. The smallest absolute Gasteiger partial charge is 0.340 e. The SMILES string of the molecule is Cc1nsc(N(C)C(=O)C(C)(C)N)c1C(=O)O. The first kappa shape index (κ1) is 13.6. The van der Waals surface area contributed by atoms with E-state index in [9.17, 15) is 9.59 Å². The van der Waals surface area contributed by atoms with Gasteiger partial charge in [0, 0.05) is 7.05 Å². The Kier molecular flexibility index (Phi) is 3.53. The van der Waals surface area contributed by atoms with E-state index in [4.69, 9.17) is 10.8 Å². The van der Waals surface area contributed by atoms with Gasteiger partial charge in [-0.15, -0.1) is 0 Å². The zero-order valence-corrected chi connectivity index (χ0v) is 11.0. The van der Waals surface area contributed by atoms with Crippen LogP contribution in [-0.4, -0.2) is 33.9 Å². The van der Waals surface area contributed by atoms with E-state index in [1.54, 1.807) is 20.8 Å². The molecule has 1 aromatic rings. The molecule has 0 aromatic carbocycles. The summed E-state index contributed by atoms with van der Waals surface area (Å²) in [6, 6.07) is 0. The number of aromatic carboxylic acids is 1. The number of carboxylic acid groups (broad SMARTS) is 1. The van der Waals surface area contributed by atoms with Crippen LogP contribution in [0.5, 0.6) is 0 Å². The molecule has 0 saturated heterocycles. The van der Waals surface area contributed by atoms with Gasteiger partial charge in [-0.3, -0.25) is 4.79 Å². The highest BCUT2D eigenvalue weighted by atomic mass is 32.1. The number of carboxylic acids is 1. The standard InChI is InChI=1S/C10H15N3O3S/c1-5-6(8(14)15)7(17-12-5)13(4)9(16)10(2,3)11/h11H2,1-4H3,(H,14,15). The average molecular weight is 257 g/mol. The fourth-order valence-corrected chi connectivity index (χ4v) is 2.20. The van der Waals surface area contributed by atoms with Crippen molar-refractivity contribution >= 4 is 28.4 Å². The highest BCUT2D eigenvalue weighted by Gasteiger charge is 2.30. The summed E-state index contributed by atoms with van der Waals surface area (Å²) in [5.41, 5.74) is 5.09. The van der Waals surface area contributed by atoms with E-state index >= 15 is 0 Å². The summed E-state index contributed by atoms with van der Waals surface area (Å²) in [6.45, 7) is 4.73. The molecule has 0 aliphatic carbocycles. The summed E-state index contributed by atoms with van der Waals surface area (Å²) in [5.74, 6) is -1.45. The van der Waals surface area contributed by atoms with Gasteiger partial charge in [0.25, 0.3) is 0 Å². The van der Waals surface area contributed by atoms with Crippen LogP contribution in [0.2, 0.25) is 0 Å². The summed E-state index contributed by atoms with van der Waals surface area (Å²) in [4.78, 5) is 24.3. The van der Waals surface area contributed by atoms with Crippen molar-refractivity contribution in [1.82, 2.24) is 4.37 Å². The molecule has 0 aliphatic heterocycles. The van der Waals surface area contributed by atoms with E-state index in [2.05, 4.69) is 4.37 Å². The highest BCUT2D eigenvalue weighted by molar-refractivity contribution is 7.11. The molecule has 94 valence electrons. The highest BCUT2D eigenvalue weighted by Crippen LogP contribution is 2.28. The average Bonchev–Trinajstić information content (AvgIpc) is 2.56. The number of nitrogens with two attached hydrogens (primary N) is 1. The summed E-state index contributed by atoms with van der Waals surface area (Å²) in [5, 5.41) is 9.37. The minimum absolute atomic E-state index is 0.0510. The Morgan fingerprint density at radius 2 is 2.00 bits per heavy atom. The topological polar surface area (TPSA) is 96.5 Å². The van der Waals surface area contributed by atoms with Crippen molar-refractivity contribution < 1.29 is 14.7 Å². The number of aryl methyl sites for hydroxylation is 1. The summed E-state index contributed by atoms with van der Waals surface area (Å²) < 4.78 is 3.95. The molecule has 1 amide bonds. The maximum Gasteiger partial charge on any atom is 0.340 e. The van der Waals surface area contributed by atoms with E-state index in [0.29, 0.717) is 10.7 Å². The predicted molar refractivity (Wildman–Crippen MR) is 65.5 cm³/mol. The Morgan fingerprint density at radius 1 is 1.47 bits per heavy atom. The van der Waals surface area contributed by atoms with Gasteiger partial charge in [0.1, 0.15) is 10.6 Å². The molecule has 0 unspecified atom stereocenters. The van der Waals surface area contributed by atoms with Crippen molar-refractivity contribution in [2.45, 2.75) is 26.3 Å². The number of carbonyl (C=O) groups excluding carboxylic acids is 1. The Labute approximate surface area is 103 Å². The summed E-state index contributed by atoms with van der Waals surface area (Å²) in [7, 11) is 1.50. The van der Waals surface area contributed by atoms with Crippen molar-refractivity contribution in [2.75, 3.05) is 11.9 Å². The van der Waals surface area contributed by atoms with Gasteiger partial charge in [-0.2, -0.15) is 4.37 Å². The second-order valence-corrected chi connectivity index (χ2v) is 5.09. The lowest BCUT2D eigenvalue weighted by molar-refractivity contribution is -0.122. The first-order valence-corrected chi connectivity index (χ1v) is 5.70. The first-order chi connectivity index (χ1) is 7.66. The van der Waals surface area contributed by atoms with Gasteiger partial charge in [-0.1, -0.05) is 0 Å². The lowest BCUT2D eigenvalue weighted by atomic mass is 10.1. The molecule has 0 bridgehead atoms. The van der Waals surface area contributed by atoms with Crippen molar-refractivity contribution in [3.63, 3.8) is 0 Å². The molecule has 0 saturated carbocycles. The maximum absolute atomic E-state index is 11.9. The van der Waals surface area contributed by atoms with Crippen molar-refractivity contribution in [3.8, 4) is 0 Å². The van der Waals surface area contributed by atoms with Gasteiger partial charge < -0.3 is 15.7 Å². The van der Waals surface area contributed by atoms with Crippen LogP contribution in [0.1, 0.15) is 29.9 Å². The van der Waals surface area contributed by atoms with E-state index in [1.165, 1.54) is 11.9 Å². The quantitative estimate of drug-likeness (QED) is 0.836. The predicted octanol–water partition coefficient (Wildman–Crippen LogP) is 0.850. The summed E-state index contributed by atoms with van der Waals surface area (Å²) in [6.07, 6.45) is 0. The monoisotopic (exact) mass is 257 g/mol. The molecule has 0 spiro atoms. The van der Waals surface area contributed by atoms with E-state index in [0.717, 1.165) is 11.5 Å². The number of anilines is 1. The number of hydrogen-bond donors (Lipinski definition) is 2. The molecular weight excluding hydrogens is 242 g/mol. The number of rotatable bonds is 3. The van der Waals surface area contributed by atoms with Gasteiger partial charge in [0.05, 0.1) is 11.2 Å². The third-order valence-corrected chi connectivity index (χ3v) is 3.24. The number of nitrogens with zero attached hydrogens (tertiary/aromatic N) is 2. The van der Waals surface area contributed by atoms with Crippen LogP contribution >= 0.6 is 11.5 Å². The van der Waals surface area contributed by atoms with Crippen LogP contribution in [0.25, 0.3) is 0 Å². The number of amides is 1. The van der Waals surface area contributed by atoms with Crippen LogP contribution in [0, 0.1) is 6.92 Å². The Bertz CT molecular complexity index is 462. The van der Waals surface area contributed by atoms with Crippen molar-refractivity contribution in [2.24, 2.45) is 5.73 Å². The second kappa shape index (κ2) is 4.42. The molecule has 0 radical (unpaired) electrons. The van der Waals surface area contributed by atoms with Crippen molar-refractivity contribution in [1.29, 1.82) is 0 Å². The lowest BCUT2D eigenvalue weighted by Crippen LogP contribution is -2.50. The molecular formula is C10H15N3O3S. The normalized spacial score (nSPS) is 11.4. The minimum atomic E-state index is -1.10. The zero-order chi connectivity index (χ0) is 13.4. The third kappa shape index (κ3) is 2.62. The molecule has 17 heavy (non-hydrogen) atoms. The maximum atomic E-state index is 11.9. The molecule has 1 aromatic heterocycles. The van der Waals surface area contributed by atoms with Crippen LogP contribution < -0.4 is 10.6 Å². The van der Waals surface area contributed by atoms with Gasteiger partial charge >= 0.3 is 5.97 Å². The van der Waals surface area contributed by atoms with E-state index in [1.807, 2.05) is 0 Å². The fourth-order valence-electron chi connectivity index (χ4n) is 1.36. The van der Waals surface area contributed by atoms with Gasteiger partial charge in [0.2, 0.25) is 5.91 Å². The molecule has 1 rings (SSSR count). The minimum Gasteiger partial charge on any atom is -0.478 e. The van der Waals surface area contributed by atoms with Crippen LogP contribution in [0.15, 0.2) is 0 Å². The van der Waals surface area contributed by atoms with Crippen LogP contribution in [0.4, 0.5) is 5.00 Å².